The van der Waals surface area contributed by atoms with Crippen LogP contribution in [-0.2, 0) is 17.1 Å². The molecular formula is C16H15FN2O3S2. The van der Waals surface area contributed by atoms with Crippen LogP contribution in [0.3, 0.4) is 0 Å². The highest BCUT2D eigenvalue weighted by atomic mass is 32.2. The lowest BCUT2D eigenvalue weighted by molar-refractivity contribution is 0.566. The first-order valence-electron chi connectivity index (χ1n) is 7.15. The topological polar surface area (TPSA) is 68.2 Å². The quantitative estimate of drug-likeness (QED) is 0.772. The van der Waals surface area contributed by atoms with Gasteiger partial charge in [0.25, 0.3) is 0 Å². The standard InChI is InChI=1S/C16H15FN2O3S2/c1-10(11-3-5-12(17)6-4-11)18-24(21,22)13-7-8-14-15(9-13)23-16(20)19(14)2/h3-10,18H,1-2H3/t10-/m1/s1. The molecule has 5 nitrogen and oxygen atoms in total. The Bertz CT molecular complexity index is 1050. The SMILES string of the molecule is C[C@@H](NS(=O)(=O)c1ccc2c(c1)sc(=O)n2C)c1ccc(F)cc1. The van der Waals surface area contributed by atoms with E-state index in [9.17, 15) is 17.6 Å². The lowest BCUT2D eigenvalue weighted by Gasteiger charge is -2.14. The third-order valence-corrected chi connectivity index (χ3v) is 6.31. The van der Waals surface area contributed by atoms with Crippen molar-refractivity contribution in [2.24, 2.45) is 7.05 Å². The summed E-state index contributed by atoms with van der Waals surface area (Å²) in [5.74, 6) is -0.377. The molecule has 0 aliphatic heterocycles. The Labute approximate surface area is 142 Å². The molecule has 3 rings (SSSR count). The summed E-state index contributed by atoms with van der Waals surface area (Å²) in [6.45, 7) is 1.68. The molecule has 8 heteroatoms. The van der Waals surface area contributed by atoms with Gasteiger partial charge in [-0.05, 0) is 42.8 Å². The Hall–Kier alpha value is -2.03. The largest absolute Gasteiger partial charge is 0.307 e. The van der Waals surface area contributed by atoms with Crippen molar-refractivity contribution in [3.63, 3.8) is 0 Å². The number of nitrogens with zero attached hydrogens (tertiary/aromatic N) is 1. The summed E-state index contributed by atoms with van der Waals surface area (Å²) in [5, 5.41) is 0. The molecule has 24 heavy (non-hydrogen) atoms. The normalized spacial score (nSPS) is 13.3. The highest BCUT2D eigenvalue weighted by Gasteiger charge is 2.19. The minimum Gasteiger partial charge on any atom is -0.302 e. The van der Waals surface area contributed by atoms with Gasteiger partial charge in [-0.25, -0.2) is 17.5 Å². The number of aryl methyl sites for hydroxylation is 1. The van der Waals surface area contributed by atoms with E-state index in [2.05, 4.69) is 4.72 Å². The third-order valence-electron chi connectivity index (χ3n) is 3.78. The Morgan fingerprint density at radius 1 is 1.17 bits per heavy atom. The van der Waals surface area contributed by atoms with Gasteiger partial charge in [-0.2, -0.15) is 0 Å². The van der Waals surface area contributed by atoms with E-state index in [1.54, 1.807) is 20.0 Å². The number of fused-ring (bicyclic) bond motifs is 1. The maximum atomic E-state index is 13.0. The van der Waals surface area contributed by atoms with Gasteiger partial charge in [0.1, 0.15) is 5.82 Å². The molecule has 0 amide bonds. The second-order valence-electron chi connectivity index (χ2n) is 5.45. The fraction of sp³-hybridized carbons (Fsp3) is 0.188. The minimum atomic E-state index is -3.76. The van der Waals surface area contributed by atoms with Gasteiger partial charge in [0.2, 0.25) is 10.0 Å². The van der Waals surface area contributed by atoms with E-state index in [0.29, 0.717) is 15.8 Å². The van der Waals surface area contributed by atoms with Crippen LogP contribution in [0, 0.1) is 5.82 Å². The molecule has 0 aliphatic carbocycles. The van der Waals surface area contributed by atoms with Gasteiger partial charge >= 0.3 is 4.87 Å². The predicted octanol–water partition coefficient (Wildman–Crippen LogP) is 2.78. The highest BCUT2D eigenvalue weighted by Crippen LogP contribution is 2.23. The number of nitrogens with one attached hydrogen (secondary N) is 1. The van der Waals surface area contributed by atoms with Crippen molar-refractivity contribution < 1.29 is 12.8 Å². The lowest BCUT2D eigenvalue weighted by Crippen LogP contribution is -2.26. The molecule has 0 fully saturated rings. The third kappa shape index (κ3) is 3.12. The van der Waals surface area contributed by atoms with Crippen LogP contribution < -0.4 is 9.60 Å². The van der Waals surface area contributed by atoms with E-state index in [-0.39, 0.29) is 15.6 Å². The van der Waals surface area contributed by atoms with Crippen molar-refractivity contribution in [3.05, 3.63) is 63.5 Å². The molecule has 0 saturated carbocycles. The van der Waals surface area contributed by atoms with Crippen LogP contribution in [0.5, 0.6) is 0 Å². The molecular weight excluding hydrogens is 351 g/mol. The number of hydrogen-bond donors (Lipinski definition) is 1. The summed E-state index contributed by atoms with van der Waals surface area (Å²) in [6.07, 6.45) is 0. The van der Waals surface area contributed by atoms with Crippen LogP contribution in [0.4, 0.5) is 4.39 Å². The molecule has 1 atom stereocenters. The average molecular weight is 366 g/mol. The van der Waals surface area contributed by atoms with Crippen molar-refractivity contribution in [3.8, 4) is 0 Å². The Kier molecular flexibility index (Phi) is 4.29. The predicted molar refractivity (Wildman–Crippen MR) is 92.2 cm³/mol. The Balaban J connectivity index is 1.92. The molecule has 1 N–H and O–H groups in total. The number of benzene rings is 2. The van der Waals surface area contributed by atoms with Gasteiger partial charge in [0, 0.05) is 13.1 Å². The van der Waals surface area contributed by atoms with Gasteiger partial charge in [0.05, 0.1) is 15.1 Å². The smallest absolute Gasteiger partial charge is 0.302 e. The summed E-state index contributed by atoms with van der Waals surface area (Å²) in [5.41, 5.74) is 1.35. The zero-order valence-corrected chi connectivity index (χ0v) is 14.6. The van der Waals surface area contributed by atoms with E-state index < -0.39 is 16.1 Å². The second-order valence-corrected chi connectivity index (χ2v) is 8.16. The number of sulfonamides is 1. The highest BCUT2D eigenvalue weighted by molar-refractivity contribution is 7.89. The summed E-state index contributed by atoms with van der Waals surface area (Å²) < 4.78 is 42.7. The number of aromatic nitrogens is 1. The molecule has 1 heterocycles. The summed E-state index contributed by atoms with van der Waals surface area (Å²) in [7, 11) is -2.12. The van der Waals surface area contributed by atoms with Gasteiger partial charge in [-0.15, -0.1) is 0 Å². The monoisotopic (exact) mass is 366 g/mol. The van der Waals surface area contributed by atoms with Crippen molar-refractivity contribution in [2.45, 2.75) is 17.9 Å². The Morgan fingerprint density at radius 2 is 1.83 bits per heavy atom. The molecule has 0 unspecified atom stereocenters. The molecule has 0 spiro atoms. The Morgan fingerprint density at radius 3 is 2.50 bits per heavy atom. The second kappa shape index (κ2) is 6.12. The maximum absolute atomic E-state index is 13.0. The number of thiazole rings is 1. The molecule has 0 radical (unpaired) electrons. The van der Waals surface area contributed by atoms with Crippen LogP contribution in [0.25, 0.3) is 10.2 Å². The van der Waals surface area contributed by atoms with E-state index in [1.165, 1.54) is 41.0 Å². The fourth-order valence-electron chi connectivity index (χ4n) is 2.40. The van der Waals surface area contributed by atoms with Crippen LogP contribution in [0.15, 0.2) is 52.2 Å². The van der Waals surface area contributed by atoms with Crippen LogP contribution >= 0.6 is 11.3 Å². The fourth-order valence-corrected chi connectivity index (χ4v) is 4.65. The first kappa shape index (κ1) is 16.8. The lowest BCUT2D eigenvalue weighted by atomic mass is 10.1. The van der Waals surface area contributed by atoms with E-state index >= 15 is 0 Å². The van der Waals surface area contributed by atoms with E-state index in [1.807, 2.05) is 0 Å². The van der Waals surface area contributed by atoms with Crippen molar-refractivity contribution in [1.82, 2.24) is 9.29 Å². The van der Waals surface area contributed by atoms with Gasteiger partial charge in [0.15, 0.2) is 0 Å². The van der Waals surface area contributed by atoms with Crippen molar-refractivity contribution >= 4 is 31.6 Å². The first-order chi connectivity index (χ1) is 11.3. The maximum Gasteiger partial charge on any atom is 0.307 e. The van der Waals surface area contributed by atoms with Crippen LogP contribution in [0.2, 0.25) is 0 Å². The minimum absolute atomic E-state index is 0.0887. The van der Waals surface area contributed by atoms with Crippen molar-refractivity contribution in [2.75, 3.05) is 0 Å². The molecule has 1 aromatic heterocycles. The van der Waals surface area contributed by atoms with Crippen LogP contribution in [0.1, 0.15) is 18.5 Å². The molecule has 126 valence electrons. The van der Waals surface area contributed by atoms with Gasteiger partial charge in [-0.3, -0.25) is 4.79 Å². The molecule has 0 saturated heterocycles. The van der Waals surface area contributed by atoms with E-state index in [4.69, 9.17) is 0 Å². The molecule has 0 aliphatic rings. The molecule has 3 aromatic rings. The van der Waals surface area contributed by atoms with Crippen LogP contribution in [-0.4, -0.2) is 13.0 Å². The summed E-state index contributed by atoms with van der Waals surface area (Å²) >= 11 is 0.999. The number of halogens is 1. The van der Waals surface area contributed by atoms with E-state index in [0.717, 1.165) is 11.3 Å². The molecule has 0 bridgehead atoms. The zero-order chi connectivity index (χ0) is 17.5. The summed E-state index contributed by atoms with van der Waals surface area (Å²) in [4.78, 5) is 11.6. The van der Waals surface area contributed by atoms with Gasteiger partial charge < -0.3 is 4.57 Å². The zero-order valence-electron chi connectivity index (χ0n) is 13.0. The van der Waals surface area contributed by atoms with Gasteiger partial charge in [-0.1, -0.05) is 23.5 Å². The summed E-state index contributed by atoms with van der Waals surface area (Å²) in [6, 6.07) is 9.70. The number of rotatable bonds is 4. The van der Waals surface area contributed by atoms with Crippen molar-refractivity contribution in [1.29, 1.82) is 0 Å². The molecule has 2 aromatic carbocycles. The average Bonchev–Trinajstić information content (AvgIpc) is 2.82. The number of hydrogen-bond acceptors (Lipinski definition) is 4. The first-order valence-corrected chi connectivity index (χ1v) is 9.45.